The molecule has 0 amide bonds. The molecule has 0 spiro atoms. The second-order valence-corrected chi connectivity index (χ2v) is 6.02. The van der Waals surface area contributed by atoms with Gasteiger partial charge in [0, 0.05) is 19.8 Å². The third kappa shape index (κ3) is 3.32. The molecule has 0 aliphatic heterocycles. The number of hydrogen-bond donors (Lipinski definition) is 1. The zero-order valence-corrected chi connectivity index (χ0v) is 13.2. The molecular weight excluding hydrogens is 324 g/mol. The van der Waals surface area contributed by atoms with Crippen molar-refractivity contribution < 1.29 is 9.84 Å². The molecule has 0 heterocycles. The second kappa shape index (κ2) is 6.46. The third-order valence-electron chi connectivity index (χ3n) is 2.72. The van der Waals surface area contributed by atoms with Crippen molar-refractivity contribution in [2.75, 3.05) is 7.11 Å². The molecule has 19 heavy (non-hydrogen) atoms. The quantitative estimate of drug-likeness (QED) is 0.878. The fourth-order valence-electron chi connectivity index (χ4n) is 1.85. The molecule has 2 aromatic carbocycles. The Morgan fingerprint density at radius 3 is 2.42 bits per heavy atom. The van der Waals surface area contributed by atoms with Gasteiger partial charge in [0.2, 0.25) is 0 Å². The van der Waals surface area contributed by atoms with Crippen LogP contribution in [-0.4, -0.2) is 12.2 Å². The maximum absolute atomic E-state index is 9.96. The summed E-state index contributed by atoms with van der Waals surface area (Å²) in [7, 11) is 1.62. The number of aliphatic hydroxyl groups is 1. The van der Waals surface area contributed by atoms with E-state index >= 15 is 0 Å². The Morgan fingerprint density at radius 2 is 1.79 bits per heavy atom. The maximum Gasteiger partial charge on any atom is 0.125 e. The van der Waals surface area contributed by atoms with Crippen LogP contribution in [0.25, 0.3) is 0 Å². The molecule has 1 atom stereocenters. The first-order valence-corrected chi connectivity index (χ1v) is 7.51. The molecule has 0 aliphatic rings. The van der Waals surface area contributed by atoms with Gasteiger partial charge in [-0.3, -0.25) is 0 Å². The highest BCUT2D eigenvalue weighted by atomic mass is 79.9. The number of hydrogen-bond acceptors (Lipinski definition) is 3. The third-order valence-corrected chi connectivity index (χ3v) is 4.83. The molecule has 0 bridgehead atoms. The normalized spacial score (nSPS) is 12.2. The predicted octanol–water partition coefficient (Wildman–Crippen LogP) is 4.66. The van der Waals surface area contributed by atoms with E-state index in [-0.39, 0.29) is 0 Å². The minimum atomic E-state index is -0.568. The Balaban J connectivity index is 2.43. The molecule has 2 nitrogen and oxygen atoms in total. The van der Waals surface area contributed by atoms with E-state index in [1.165, 1.54) is 0 Å². The van der Waals surface area contributed by atoms with Gasteiger partial charge in [-0.15, -0.1) is 0 Å². The molecule has 0 aliphatic carbocycles. The first-order chi connectivity index (χ1) is 9.13. The fourth-order valence-corrected chi connectivity index (χ4v) is 3.45. The minimum Gasteiger partial charge on any atom is -0.496 e. The van der Waals surface area contributed by atoms with Gasteiger partial charge in [0.25, 0.3) is 0 Å². The topological polar surface area (TPSA) is 29.5 Å². The number of benzene rings is 2. The van der Waals surface area contributed by atoms with E-state index in [2.05, 4.69) is 15.9 Å². The summed E-state index contributed by atoms with van der Waals surface area (Å²) in [5.74, 6) is 0.715. The highest BCUT2D eigenvalue weighted by Crippen LogP contribution is 2.40. The first kappa shape index (κ1) is 14.4. The Bertz CT molecular complexity index is 570. The van der Waals surface area contributed by atoms with Crippen LogP contribution in [-0.2, 0) is 0 Å². The average Bonchev–Trinajstić information content (AvgIpc) is 2.40. The Morgan fingerprint density at radius 1 is 1.11 bits per heavy atom. The summed E-state index contributed by atoms with van der Waals surface area (Å²) in [4.78, 5) is 2.11. The molecule has 0 fully saturated rings. The van der Waals surface area contributed by atoms with Crippen LogP contribution in [0.5, 0.6) is 5.75 Å². The summed E-state index contributed by atoms with van der Waals surface area (Å²) in [6, 6.07) is 13.8. The van der Waals surface area contributed by atoms with E-state index < -0.39 is 6.10 Å². The molecule has 0 radical (unpaired) electrons. The number of halogens is 1. The molecule has 0 aromatic heterocycles. The number of aliphatic hydroxyl groups excluding tert-OH is 1. The Hall–Kier alpha value is -0.970. The highest BCUT2D eigenvalue weighted by molar-refractivity contribution is 9.10. The summed E-state index contributed by atoms with van der Waals surface area (Å²) in [5, 5.41) is 9.96. The lowest BCUT2D eigenvalue weighted by atomic mass is 10.1. The van der Waals surface area contributed by atoms with Crippen LogP contribution in [0.2, 0.25) is 0 Å². The van der Waals surface area contributed by atoms with Gasteiger partial charge >= 0.3 is 0 Å². The molecular formula is C15H15BrO2S. The first-order valence-electron chi connectivity index (χ1n) is 5.91. The lowest BCUT2D eigenvalue weighted by molar-refractivity contribution is 0.191. The summed E-state index contributed by atoms with van der Waals surface area (Å²) in [6.45, 7) is 1.75. The summed E-state index contributed by atoms with van der Waals surface area (Å²) in [6.07, 6.45) is -0.568. The minimum absolute atomic E-state index is 0.568. The van der Waals surface area contributed by atoms with E-state index in [4.69, 9.17) is 4.74 Å². The Kier molecular flexibility index (Phi) is 4.91. The zero-order valence-electron chi connectivity index (χ0n) is 10.8. The van der Waals surface area contributed by atoms with Crippen molar-refractivity contribution >= 4 is 27.7 Å². The van der Waals surface area contributed by atoms with Crippen molar-refractivity contribution in [1.82, 2.24) is 0 Å². The maximum atomic E-state index is 9.96. The molecule has 100 valence electrons. The van der Waals surface area contributed by atoms with Crippen molar-refractivity contribution in [3.05, 3.63) is 52.5 Å². The molecule has 2 aromatic rings. The molecule has 1 N–H and O–H groups in total. The SMILES string of the molecule is COc1cccc(Sc2ccccc2Br)c1[C@@H](C)O. The van der Waals surface area contributed by atoms with Gasteiger partial charge in [-0.1, -0.05) is 30.0 Å². The van der Waals surface area contributed by atoms with Crippen molar-refractivity contribution in [2.45, 2.75) is 22.8 Å². The molecule has 4 heteroatoms. The predicted molar refractivity (Wildman–Crippen MR) is 81.9 cm³/mol. The van der Waals surface area contributed by atoms with E-state index in [0.29, 0.717) is 5.75 Å². The standard InChI is InChI=1S/C15H15BrO2S/c1-10(17)15-12(18-2)7-5-9-14(15)19-13-8-4-3-6-11(13)16/h3-10,17H,1-2H3/t10-/m1/s1. The van der Waals surface area contributed by atoms with Crippen molar-refractivity contribution in [3.63, 3.8) is 0 Å². The monoisotopic (exact) mass is 338 g/mol. The van der Waals surface area contributed by atoms with Gasteiger partial charge in [-0.25, -0.2) is 0 Å². The summed E-state index contributed by atoms with van der Waals surface area (Å²) < 4.78 is 6.37. The highest BCUT2D eigenvalue weighted by Gasteiger charge is 2.15. The molecule has 0 saturated carbocycles. The van der Waals surface area contributed by atoms with Crippen LogP contribution < -0.4 is 4.74 Å². The molecule has 2 rings (SSSR count). The van der Waals surface area contributed by atoms with Crippen LogP contribution >= 0.6 is 27.7 Å². The summed E-state index contributed by atoms with van der Waals surface area (Å²) >= 11 is 5.15. The van der Waals surface area contributed by atoms with Gasteiger partial charge in [0.15, 0.2) is 0 Å². The fraction of sp³-hybridized carbons (Fsp3) is 0.200. The van der Waals surface area contributed by atoms with Gasteiger partial charge in [0.05, 0.1) is 13.2 Å². The lowest BCUT2D eigenvalue weighted by Crippen LogP contribution is -1.98. The van der Waals surface area contributed by atoms with Crippen molar-refractivity contribution in [1.29, 1.82) is 0 Å². The van der Waals surface area contributed by atoms with E-state index in [1.54, 1.807) is 25.8 Å². The van der Waals surface area contributed by atoms with Crippen molar-refractivity contribution in [2.24, 2.45) is 0 Å². The van der Waals surface area contributed by atoms with Crippen LogP contribution in [0.1, 0.15) is 18.6 Å². The lowest BCUT2D eigenvalue weighted by Gasteiger charge is -2.16. The van der Waals surface area contributed by atoms with E-state index in [1.807, 2.05) is 42.5 Å². The van der Waals surface area contributed by atoms with Crippen LogP contribution in [0.3, 0.4) is 0 Å². The smallest absolute Gasteiger partial charge is 0.125 e. The van der Waals surface area contributed by atoms with Crippen LogP contribution in [0.4, 0.5) is 0 Å². The van der Waals surface area contributed by atoms with Gasteiger partial charge < -0.3 is 9.84 Å². The molecule has 0 saturated heterocycles. The second-order valence-electron chi connectivity index (χ2n) is 4.08. The van der Waals surface area contributed by atoms with Gasteiger partial charge in [-0.05, 0) is 47.1 Å². The zero-order chi connectivity index (χ0) is 13.8. The van der Waals surface area contributed by atoms with Crippen molar-refractivity contribution in [3.8, 4) is 5.75 Å². The average molecular weight is 339 g/mol. The molecule has 0 unspecified atom stereocenters. The largest absolute Gasteiger partial charge is 0.496 e. The van der Waals surface area contributed by atoms with Crippen LogP contribution in [0, 0.1) is 0 Å². The van der Waals surface area contributed by atoms with E-state index in [9.17, 15) is 5.11 Å². The summed E-state index contributed by atoms with van der Waals surface area (Å²) in [5.41, 5.74) is 0.825. The van der Waals surface area contributed by atoms with E-state index in [0.717, 1.165) is 19.8 Å². The number of ether oxygens (including phenoxy) is 1. The van der Waals surface area contributed by atoms with Crippen LogP contribution in [0.15, 0.2) is 56.7 Å². The Labute approximate surface area is 125 Å². The van der Waals surface area contributed by atoms with Gasteiger partial charge in [0.1, 0.15) is 5.75 Å². The van der Waals surface area contributed by atoms with Gasteiger partial charge in [-0.2, -0.15) is 0 Å². The number of rotatable bonds is 4. The number of methoxy groups -OCH3 is 1.